The summed E-state index contributed by atoms with van der Waals surface area (Å²) in [5.74, 6) is -0.741. The third-order valence-electron chi connectivity index (χ3n) is 3.15. The number of carbonyl (C=O) groups is 2. The molecule has 0 fully saturated rings. The van der Waals surface area contributed by atoms with Gasteiger partial charge in [0.2, 0.25) is 11.8 Å². The molecule has 0 aliphatic carbocycles. The number of benzene rings is 1. The molecule has 7 nitrogen and oxygen atoms in total. The van der Waals surface area contributed by atoms with Gasteiger partial charge in [-0.05, 0) is 25.5 Å². The smallest absolute Gasteiger partial charge is 0.248 e. The van der Waals surface area contributed by atoms with E-state index in [2.05, 4.69) is 21.1 Å². The fraction of sp³-hybridized carbons (Fsp3) is 0.286. The predicted octanol–water partition coefficient (Wildman–Crippen LogP) is 0.744. The number of aromatic hydroxyl groups is 1. The first-order valence-electron chi connectivity index (χ1n) is 6.52. The van der Waals surface area contributed by atoms with Crippen LogP contribution in [0.4, 0.5) is 0 Å². The van der Waals surface area contributed by atoms with Gasteiger partial charge in [-0.3, -0.25) is 9.59 Å². The normalized spacial score (nSPS) is 17.7. The summed E-state index contributed by atoms with van der Waals surface area (Å²) in [5, 5.41) is 17.1. The molecule has 2 amide bonds. The summed E-state index contributed by atoms with van der Waals surface area (Å²) in [6.07, 6.45) is 1.92. The van der Waals surface area contributed by atoms with Gasteiger partial charge in [-0.2, -0.15) is 10.2 Å². The van der Waals surface area contributed by atoms with Crippen molar-refractivity contribution in [2.45, 2.75) is 19.8 Å². The van der Waals surface area contributed by atoms with E-state index >= 15 is 0 Å². The third kappa shape index (κ3) is 3.88. The molecule has 0 unspecified atom stereocenters. The summed E-state index contributed by atoms with van der Waals surface area (Å²) in [4.78, 5) is 23.0. The van der Waals surface area contributed by atoms with Crippen LogP contribution in [0.3, 0.4) is 0 Å². The van der Waals surface area contributed by atoms with E-state index in [-0.39, 0.29) is 29.9 Å². The number of nitrogens with one attached hydrogen (secondary N) is 2. The van der Waals surface area contributed by atoms with E-state index in [1.165, 1.54) is 12.3 Å². The Kier molecular flexibility index (Phi) is 4.65. The SMILES string of the molecule is CC1=NNC(=O)[C@H]1CCC(=O)N/N=C\c1ccccc1O. The number of carbonyl (C=O) groups excluding carboxylic acids is 2. The number of rotatable bonds is 5. The minimum Gasteiger partial charge on any atom is -0.507 e. The molecule has 7 heteroatoms. The van der Waals surface area contributed by atoms with Crippen molar-refractivity contribution in [1.29, 1.82) is 0 Å². The minimum absolute atomic E-state index is 0.0879. The van der Waals surface area contributed by atoms with Crippen molar-refractivity contribution < 1.29 is 14.7 Å². The highest BCUT2D eigenvalue weighted by Crippen LogP contribution is 2.14. The molecule has 0 spiro atoms. The van der Waals surface area contributed by atoms with Crippen LogP contribution in [0.1, 0.15) is 25.3 Å². The van der Waals surface area contributed by atoms with Crippen molar-refractivity contribution in [3.05, 3.63) is 29.8 Å². The van der Waals surface area contributed by atoms with Crippen LogP contribution in [-0.4, -0.2) is 28.8 Å². The first-order valence-corrected chi connectivity index (χ1v) is 6.52. The molecular formula is C14H16N4O3. The van der Waals surface area contributed by atoms with Crippen molar-refractivity contribution in [3.8, 4) is 5.75 Å². The zero-order valence-corrected chi connectivity index (χ0v) is 11.5. The van der Waals surface area contributed by atoms with Crippen LogP contribution >= 0.6 is 0 Å². The monoisotopic (exact) mass is 288 g/mol. The first kappa shape index (κ1) is 14.7. The number of hydrogen-bond acceptors (Lipinski definition) is 5. The number of phenolic OH excluding ortho intramolecular Hbond substituents is 1. The average Bonchev–Trinajstić information content (AvgIpc) is 2.78. The predicted molar refractivity (Wildman–Crippen MR) is 77.8 cm³/mol. The summed E-state index contributed by atoms with van der Waals surface area (Å²) in [6.45, 7) is 1.75. The Hall–Kier alpha value is -2.70. The Morgan fingerprint density at radius 1 is 1.52 bits per heavy atom. The van der Waals surface area contributed by atoms with Crippen LogP contribution in [0.2, 0.25) is 0 Å². The van der Waals surface area contributed by atoms with Crippen LogP contribution < -0.4 is 10.9 Å². The fourth-order valence-electron chi connectivity index (χ4n) is 1.93. The van der Waals surface area contributed by atoms with Crippen LogP contribution in [0.15, 0.2) is 34.5 Å². The lowest BCUT2D eigenvalue weighted by atomic mass is 9.99. The van der Waals surface area contributed by atoms with Crippen LogP contribution in [0.25, 0.3) is 0 Å². The molecule has 0 saturated heterocycles. The lowest BCUT2D eigenvalue weighted by Gasteiger charge is -2.06. The van der Waals surface area contributed by atoms with Gasteiger partial charge in [0.25, 0.3) is 0 Å². The molecule has 21 heavy (non-hydrogen) atoms. The maximum Gasteiger partial charge on any atom is 0.248 e. The van der Waals surface area contributed by atoms with E-state index in [1.807, 2.05) is 0 Å². The number of hydrazone groups is 2. The molecule has 1 aliphatic heterocycles. The summed E-state index contributed by atoms with van der Waals surface area (Å²) in [6, 6.07) is 6.66. The van der Waals surface area contributed by atoms with Gasteiger partial charge >= 0.3 is 0 Å². The summed E-state index contributed by atoms with van der Waals surface area (Å²) in [5.41, 5.74) is 5.93. The zero-order chi connectivity index (χ0) is 15.2. The Morgan fingerprint density at radius 3 is 2.95 bits per heavy atom. The van der Waals surface area contributed by atoms with Crippen molar-refractivity contribution in [3.63, 3.8) is 0 Å². The van der Waals surface area contributed by atoms with E-state index in [9.17, 15) is 14.7 Å². The highest BCUT2D eigenvalue weighted by Gasteiger charge is 2.26. The summed E-state index contributed by atoms with van der Waals surface area (Å²) >= 11 is 0. The molecule has 1 atom stereocenters. The van der Waals surface area contributed by atoms with Gasteiger partial charge in [0.1, 0.15) is 5.75 Å². The largest absolute Gasteiger partial charge is 0.507 e. The molecule has 0 radical (unpaired) electrons. The molecule has 0 saturated carbocycles. The molecule has 0 aromatic heterocycles. The van der Waals surface area contributed by atoms with Gasteiger partial charge in [0, 0.05) is 17.7 Å². The second-order valence-electron chi connectivity index (χ2n) is 4.67. The lowest BCUT2D eigenvalue weighted by molar-refractivity contribution is -0.123. The Labute approximate surface area is 121 Å². The molecule has 0 bridgehead atoms. The number of phenols is 1. The number of nitrogens with zero attached hydrogens (tertiary/aromatic N) is 2. The molecule has 1 heterocycles. The molecule has 2 rings (SSSR count). The quantitative estimate of drug-likeness (QED) is 0.550. The Bertz CT molecular complexity index is 610. The Balaban J connectivity index is 1.79. The van der Waals surface area contributed by atoms with Gasteiger partial charge in [-0.1, -0.05) is 12.1 Å². The molecule has 1 aromatic rings. The van der Waals surface area contributed by atoms with Gasteiger partial charge in [-0.25, -0.2) is 10.9 Å². The Morgan fingerprint density at radius 2 is 2.29 bits per heavy atom. The topological polar surface area (TPSA) is 103 Å². The lowest BCUT2D eigenvalue weighted by Crippen LogP contribution is -2.25. The average molecular weight is 288 g/mol. The number of amides is 2. The van der Waals surface area contributed by atoms with Gasteiger partial charge < -0.3 is 5.11 Å². The zero-order valence-electron chi connectivity index (χ0n) is 11.5. The maximum absolute atomic E-state index is 11.6. The van der Waals surface area contributed by atoms with E-state index in [4.69, 9.17) is 0 Å². The number of hydrogen-bond donors (Lipinski definition) is 3. The van der Waals surface area contributed by atoms with Crippen LogP contribution in [-0.2, 0) is 9.59 Å². The summed E-state index contributed by atoms with van der Waals surface area (Å²) < 4.78 is 0. The van der Waals surface area contributed by atoms with Crippen molar-refractivity contribution in [2.24, 2.45) is 16.1 Å². The molecule has 1 aromatic carbocycles. The number of para-hydroxylation sites is 1. The second kappa shape index (κ2) is 6.65. The van der Waals surface area contributed by atoms with Crippen molar-refractivity contribution in [1.82, 2.24) is 10.9 Å². The van der Waals surface area contributed by atoms with E-state index < -0.39 is 0 Å². The van der Waals surface area contributed by atoms with E-state index in [0.29, 0.717) is 17.7 Å². The van der Waals surface area contributed by atoms with Crippen LogP contribution in [0.5, 0.6) is 5.75 Å². The molecule has 3 N–H and O–H groups in total. The first-order chi connectivity index (χ1) is 10.1. The molecule has 110 valence electrons. The van der Waals surface area contributed by atoms with Crippen LogP contribution in [0, 0.1) is 5.92 Å². The second-order valence-corrected chi connectivity index (χ2v) is 4.67. The maximum atomic E-state index is 11.6. The van der Waals surface area contributed by atoms with E-state index in [1.54, 1.807) is 25.1 Å². The highest BCUT2D eigenvalue weighted by molar-refractivity contribution is 6.07. The summed E-state index contributed by atoms with van der Waals surface area (Å²) in [7, 11) is 0. The van der Waals surface area contributed by atoms with Gasteiger partial charge in [0.05, 0.1) is 12.1 Å². The van der Waals surface area contributed by atoms with Crippen molar-refractivity contribution >= 4 is 23.7 Å². The van der Waals surface area contributed by atoms with E-state index in [0.717, 1.165) is 0 Å². The van der Waals surface area contributed by atoms with Gasteiger partial charge in [-0.15, -0.1) is 0 Å². The minimum atomic E-state index is -0.349. The standard InChI is InChI=1S/C14H16N4O3/c1-9-11(14(21)18-16-9)6-7-13(20)17-15-8-10-4-2-3-5-12(10)19/h2-5,8,11,19H,6-7H2,1H3,(H,17,20)(H,18,21)/b15-8-/t11-/m0/s1. The third-order valence-corrected chi connectivity index (χ3v) is 3.15. The fourth-order valence-corrected chi connectivity index (χ4v) is 1.93. The molecular weight excluding hydrogens is 272 g/mol. The highest BCUT2D eigenvalue weighted by atomic mass is 16.3. The van der Waals surface area contributed by atoms with Crippen molar-refractivity contribution in [2.75, 3.05) is 0 Å². The van der Waals surface area contributed by atoms with Gasteiger partial charge in [0.15, 0.2) is 0 Å². The molecule has 1 aliphatic rings.